The fourth-order valence-corrected chi connectivity index (χ4v) is 3.29. The van der Waals surface area contributed by atoms with Crippen LogP contribution in [0, 0.1) is 0 Å². The SMILES string of the molecule is CCNc1nc(NC(C)CN(C)C)c2cc(CC)sc2n1. The molecule has 0 amide bonds. The quantitative estimate of drug-likeness (QED) is 0.823. The van der Waals surface area contributed by atoms with Gasteiger partial charge in [-0.2, -0.15) is 4.98 Å². The Morgan fingerprint density at radius 1 is 1.29 bits per heavy atom. The molecule has 0 aliphatic rings. The van der Waals surface area contributed by atoms with Crippen molar-refractivity contribution in [2.75, 3.05) is 37.8 Å². The summed E-state index contributed by atoms with van der Waals surface area (Å²) >= 11 is 1.75. The van der Waals surface area contributed by atoms with E-state index in [0.717, 1.165) is 35.5 Å². The van der Waals surface area contributed by atoms with Gasteiger partial charge in [-0.05, 0) is 40.4 Å². The molecule has 0 saturated heterocycles. The van der Waals surface area contributed by atoms with Crippen LogP contribution < -0.4 is 10.6 Å². The molecule has 0 aliphatic heterocycles. The third-order valence-electron chi connectivity index (χ3n) is 3.15. The summed E-state index contributed by atoms with van der Waals surface area (Å²) < 4.78 is 0. The summed E-state index contributed by atoms with van der Waals surface area (Å²) in [5.74, 6) is 1.63. The summed E-state index contributed by atoms with van der Waals surface area (Å²) in [6.07, 6.45) is 1.03. The van der Waals surface area contributed by atoms with Crippen molar-refractivity contribution in [1.82, 2.24) is 14.9 Å². The Morgan fingerprint density at radius 3 is 2.67 bits per heavy atom. The zero-order valence-electron chi connectivity index (χ0n) is 13.5. The van der Waals surface area contributed by atoms with Gasteiger partial charge in [0.2, 0.25) is 5.95 Å². The fraction of sp³-hybridized carbons (Fsp3) is 0.600. The van der Waals surface area contributed by atoms with Gasteiger partial charge in [-0.3, -0.25) is 0 Å². The molecule has 0 bridgehead atoms. The van der Waals surface area contributed by atoms with E-state index >= 15 is 0 Å². The van der Waals surface area contributed by atoms with Gasteiger partial charge >= 0.3 is 0 Å². The van der Waals surface area contributed by atoms with E-state index < -0.39 is 0 Å². The van der Waals surface area contributed by atoms with Crippen LogP contribution in [0.1, 0.15) is 25.6 Å². The number of hydrogen-bond donors (Lipinski definition) is 2. The molecule has 0 saturated carbocycles. The van der Waals surface area contributed by atoms with Crippen LogP contribution in [0.15, 0.2) is 6.07 Å². The van der Waals surface area contributed by atoms with Gasteiger partial charge in [0, 0.05) is 24.0 Å². The van der Waals surface area contributed by atoms with E-state index in [4.69, 9.17) is 0 Å². The number of nitrogens with one attached hydrogen (secondary N) is 2. The van der Waals surface area contributed by atoms with E-state index in [1.807, 2.05) is 0 Å². The lowest BCUT2D eigenvalue weighted by Crippen LogP contribution is -2.30. The standard InChI is InChI=1S/C15H25N5S/c1-6-11-8-12-13(17-10(3)9-20(4)5)18-15(16-7-2)19-14(12)21-11/h8,10H,6-7,9H2,1-5H3,(H2,16,17,18,19). The van der Waals surface area contributed by atoms with Gasteiger partial charge in [-0.15, -0.1) is 11.3 Å². The molecule has 21 heavy (non-hydrogen) atoms. The minimum Gasteiger partial charge on any atom is -0.366 e. The number of aryl methyl sites for hydroxylation is 1. The highest BCUT2D eigenvalue weighted by Crippen LogP contribution is 2.30. The van der Waals surface area contributed by atoms with Gasteiger partial charge in [0.05, 0.1) is 5.39 Å². The summed E-state index contributed by atoms with van der Waals surface area (Å²) in [4.78, 5) is 13.8. The molecule has 0 spiro atoms. The summed E-state index contributed by atoms with van der Waals surface area (Å²) in [6.45, 7) is 8.19. The third kappa shape index (κ3) is 4.04. The summed E-state index contributed by atoms with van der Waals surface area (Å²) in [7, 11) is 4.16. The van der Waals surface area contributed by atoms with Crippen LogP contribution in [0.2, 0.25) is 0 Å². The van der Waals surface area contributed by atoms with Gasteiger partial charge < -0.3 is 15.5 Å². The molecular weight excluding hydrogens is 282 g/mol. The lowest BCUT2D eigenvalue weighted by Gasteiger charge is -2.19. The van der Waals surface area contributed by atoms with E-state index in [2.05, 4.69) is 66.4 Å². The van der Waals surface area contributed by atoms with Crippen LogP contribution in [0.25, 0.3) is 10.2 Å². The first-order chi connectivity index (χ1) is 10.0. The number of rotatable bonds is 7. The van der Waals surface area contributed by atoms with E-state index in [1.54, 1.807) is 11.3 Å². The Bertz CT molecular complexity index is 593. The highest BCUT2D eigenvalue weighted by atomic mass is 32.1. The molecule has 1 atom stereocenters. The fourth-order valence-electron chi connectivity index (χ4n) is 2.32. The van der Waals surface area contributed by atoms with Crippen molar-refractivity contribution in [3.63, 3.8) is 0 Å². The Kier molecular flexibility index (Phi) is 5.36. The van der Waals surface area contributed by atoms with E-state index in [1.165, 1.54) is 4.88 Å². The molecule has 5 nitrogen and oxygen atoms in total. The Morgan fingerprint density at radius 2 is 2.05 bits per heavy atom. The topological polar surface area (TPSA) is 53.1 Å². The number of anilines is 2. The molecule has 2 aromatic heterocycles. The first-order valence-corrected chi connectivity index (χ1v) is 8.30. The number of likely N-dealkylation sites (N-methyl/N-ethyl adjacent to an activating group) is 1. The van der Waals surface area contributed by atoms with Crippen molar-refractivity contribution in [3.05, 3.63) is 10.9 Å². The van der Waals surface area contributed by atoms with Gasteiger partial charge in [-0.25, -0.2) is 4.98 Å². The van der Waals surface area contributed by atoms with Gasteiger partial charge in [0.1, 0.15) is 10.6 Å². The van der Waals surface area contributed by atoms with Crippen molar-refractivity contribution < 1.29 is 0 Å². The number of fused-ring (bicyclic) bond motifs is 1. The lowest BCUT2D eigenvalue weighted by atomic mass is 10.2. The molecule has 2 heterocycles. The highest BCUT2D eigenvalue weighted by Gasteiger charge is 2.13. The van der Waals surface area contributed by atoms with Crippen molar-refractivity contribution in [1.29, 1.82) is 0 Å². The second-order valence-electron chi connectivity index (χ2n) is 5.52. The maximum Gasteiger partial charge on any atom is 0.226 e. The number of thiophene rings is 1. The average molecular weight is 307 g/mol. The highest BCUT2D eigenvalue weighted by molar-refractivity contribution is 7.18. The first kappa shape index (κ1) is 16.0. The van der Waals surface area contributed by atoms with Crippen LogP contribution in [0.5, 0.6) is 0 Å². The van der Waals surface area contributed by atoms with Crippen molar-refractivity contribution in [2.45, 2.75) is 33.2 Å². The van der Waals surface area contributed by atoms with Crippen LogP contribution in [0.3, 0.4) is 0 Å². The minimum absolute atomic E-state index is 0.331. The second kappa shape index (κ2) is 7.04. The van der Waals surface area contributed by atoms with Crippen molar-refractivity contribution >= 4 is 33.3 Å². The monoisotopic (exact) mass is 307 g/mol. The van der Waals surface area contributed by atoms with Crippen molar-refractivity contribution in [2.24, 2.45) is 0 Å². The summed E-state index contributed by atoms with van der Waals surface area (Å²) in [5, 5.41) is 7.87. The molecule has 2 aromatic rings. The minimum atomic E-state index is 0.331. The van der Waals surface area contributed by atoms with Crippen LogP contribution in [0.4, 0.5) is 11.8 Å². The molecule has 0 aromatic carbocycles. The Labute approximate surface area is 130 Å². The molecule has 0 aliphatic carbocycles. The normalized spacial score (nSPS) is 12.9. The number of hydrogen-bond acceptors (Lipinski definition) is 6. The first-order valence-electron chi connectivity index (χ1n) is 7.49. The largest absolute Gasteiger partial charge is 0.366 e. The molecule has 2 rings (SSSR count). The average Bonchev–Trinajstić information content (AvgIpc) is 2.81. The molecule has 1 unspecified atom stereocenters. The summed E-state index contributed by atoms with van der Waals surface area (Å²) in [6, 6.07) is 2.54. The molecule has 0 radical (unpaired) electrons. The predicted molar refractivity (Wildman–Crippen MR) is 92.6 cm³/mol. The maximum absolute atomic E-state index is 4.64. The maximum atomic E-state index is 4.64. The van der Waals surface area contributed by atoms with Crippen molar-refractivity contribution in [3.8, 4) is 0 Å². The second-order valence-corrected chi connectivity index (χ2v) is 6.63. The molecule has 2 N–H and O–H groups in total. The molecule has 6 heteroatoms. The molecular formula is C15H25N5S. The molecule has 0 fully saturated rings. The van der Waals surface area contributed by atoms with Gasteiger partial charge in [-0.1, -0.05) is 6.92 Å². The smallest absolute Gasteiger partial charge is 0.226 e. The predicted octanol–water partition coefficient (Wildman–Crippen LogP) is 3.05. The Hall–Kier alpha value is -1.40. The number of aromatic nitrogens is 2. The zero-order chi connectivity index (χ0) is 15.4. The number of nitrogens with zero attached hydrogens (tertiary/aromatic N) is 3. The Balaban J connectivity index is 2.36. The third-order valence-corrected chi connectivity index (χ3v) is 4.32. The van der Waals surface area contributed by atoms with E-state index in [0.29, 0.717) is 12.0 Å². The van der Waals surface area contributed by atoms with Crippen LogP contribution >= 0.6 is 11.3 Å². The summed E-state index contributed by atoms with van der Waals surface area (Å²) in [5.41, 5.74) is 0. The van der Waals surface area contributed by atoms with Gasteiger partial charge in [0.15, 0.2) is 0 Å². The van der Waals surface area contributed by atoms with Gasteiger partial charge in [0.25, 0.3) is 0 Å². The van der Waals surface area contributed by atoms with E-state index in [-0.39, 0.29) is 0 Å². The zero-order valence-corrected chi connectivity index (χ0v) is 14.3. The molecule has 116 valence electrons. The van der Waals surface area contributed by atoms with E-state index in [9.17, 15) is 0 Å². The lowest BCUT2D eigenvalue weighted by molar-refractivity contribution is 0.392. The van der Waals surface area contributed by atoms with Crippen LogP contribution in [-0.4, -0.2) is 48.1 Å². The van der Waals surface area contributed by atoms with Crippen LogP contribution in [-0.2, 0) is 6.42 Å².